The molecule has 1 saturated heterocycles. The molecule has 1 fully saturated rings. The van der Waals surface area contributed by atoms with Gasteiger partial charge in [0.05, 0.1) is 25.9 Å². The van der Waals surface area contributed by atoms with Gasteiger partial charge < -0.3 is 50.4 Å². The van der Waals surface area contributed by atoms with Gasteiger partial charge in [0, 0.05) is 13.8 Å². The van der Waals surface area contributed by atoms with Crippen LogP contribution in [0, 0.1) is 0 Å². The van der Waals surface area contributed by atoms with Crippen LogP contribution in [0.4, 0.5) is 0 Å². The monoisotopic (exact) mass is 406 g/mol. The van der Waals surface area contributed by atoms with Crippen LogP contribution in [-0.4, -0.2) is 100 Å². The van der Waals surface area contributed by atoms with Crippen LogP contribution in [0.5, 0.6) is 0 Å². The van der Waals surface area contributed by atoms with E-state index in [0.29, 0.717) is 0 Å². The number of carbonyl (C=O) groups excluding carboxylic acids is 2. The summed E-state index contributed by atoms with van der Waals surface area (Å²) in [7, 11) is 0. The van der Waals surface area contributed by atoms with Gasteiger partial charge in [0.2, 0.25) is 18.1 Å². The first-order chi connectivity index (χ1) is 13.2. The fourth-order valence-corrected chi connectivity index (χ4v) is 3.04. The third-order valence-electron chi connectivity index (χ3n) is 4.39. The van der Waals surface area contributed by atoms with E-state index in [-0.39, 0.29) is 12.3 Å². The van der Waals surface area contributed by atoms with Crippen molar-refractivity contribution in [3.63, 3.8) is 0 Å². The number of hydrogen-bond donors (Lipinski definition) is 7. The number of ether oxygens (including phenoxy) is 3. The van der Waals surface area contributed by atoms with Gasteiger partial charge >= 0.3 is 0 Å². The number of amides is 2. The molecule has 0 radical (unpaired) electrons. The van der Waals surface area contributed by atoms with Gasteiger partial charge in [0.1, 0.15) is 42.0 Å². The maximum Gasteiger partial charge on any atom is 0.221 e. The first-order valence-corrected chi connectivity index (χ1v) is 8.67. The summed E-state index contributed by atoms with van der Waals surface area (Å²) in [5, 5.41) is 54.4. The van der Waals surface area contributed by atoms with Crippen molar-refractivity contribution in [1.82, 2.24) is 10.6 Å². The summed E-state index contributed by atoms with van der Waals surface area (Å²) in [6.07, 6.45) is -7.92. The fourth-order valence-electron chi connectivity index (χ4n) is 3.04. The number of aliphatic hydroxyl groups excluding tert-OH is 5. The van der Waals surface area contributed by atoms with Gasteiger partial charge in [-0.3, -0.25) is 9.59 Å². The zero-order chi connectivity index (χ0) is 21.0. The van der Waals surface area contributed by atoms with Crippen LogP contribution in [0.3, 0.4) is 0 Å². The fraction of sp³-hybridized carbons (Fsp3) is 0.750. The highest BCUT2D eigenvalue weighted by Crippen LogP contribution is 2.28. The molecule has 0 spiro atoms. The lowest BCUT2D eigenvalue weighted by atomic mass is 9.97. The summed E-state index contributed by atoms with van der Waals surface area (Å²) in [5.74, 6) is -1.68. The average molecular weight is 406 g/mol. The molecule has 7 N–H and O–H groups in total. The standard InChI is InChI=1S/C16H26N2O10/c1-6(21)17-8-5-26-10(4-20)15(12(8)23)28-16-11(18-7(2)22)14(25)13(24)9(3-19)27-16/h8-10,12-13,15-16,19-20,23-25H,3-5H2,1-2H3,(H,17,21)(H,18,22)/t8-,9+,10-,12-,13-,15-,16+/m1/s1. The first kappa shape index (κ1) is 22.5. The zero-order valence-corrected chi connectivity index (χ0v) is 15.4. The molecule has 0 saturated carbocycles. The number of nitrogens with one attached hydrogen (secondary N) is 2. The van der Waals surface area contributed by atoms with Crippen molar-refractivity contribution in [2.45, 2.75) is 56.7 Å². The Morgan fingerprint density at radius 3 is 2.32 bits per heavy atom. The molecule has 0 aromatic rings. The lowest BCUT2D eigenvalue weighted by Crippen LogP contribution is -2.62. The van der Waals surface area contributed by atoms with E-state index in [2.05, 4.69) is 10.6 Å². The minimum atomic E-state index is -1.61. The molecule has 160 valence electrons. The highest BCUT2D eigenvalue weighted by Gasteiger charge is 2.45. The van der Waals surface area contributed by atoms with Crippen molar-refractivity contribution in [2.24, 2.45) is 0 Å². The Hall–Kier alpha value is -1.80. The molecule has 12 heteroatoms. The van der Waals surface area contributed by atoms with Gasteiger partial charge in [0.15, 0.2) is 0 Å². The van der Waals surface area contributed by atoms with Crippen molar-refractivity contribution in [1.29, 1.82) is 0 Å². The van der Waals surface area contributed by atoms with Crippen LogP contribution in [-0.2, 0) is 23.8 Å². The van der Waals surface area contributed by atoms with Crippen molar-refractivity contribution < 1.29 is 49.3 Å². The Bertz CT molecular complexity index is 612. The minimum absolute atomic E-state index is 0.0744. The smallest absolute Gasteiger partial charge is 0.221 e. The maximum absolute atomic E-state index is 11.5. The van der Waals surface area contributed by atoms with Gasteiger partial charge in [-0.15, -0.1) is 0 Å². The van der Waals surface area contributed by atoms with Crippen LogP contribution in [0.1, 0.15) is 13.8 Å². The Balaban J connectivity index is 2.28. The zero-order valence-electron chi connectivity index (χ0n) is 15.4. The second kappa shape index (κ2) is 9.60. The third-order valence-corrected chi connectivity index (χ3v) is 4.39. The highest BCUT2D eigenvalue weighted by atomic mass is 16.7. The van der Waals surface area contributed by atoms with Crippen molar-refractivity contribution >= 4 is 11.8 Å². The number of carbonyl (C=O) groups is 2. The van der Waals surface area contributed by atoms with Crippen LogP contribution in [0.15, 0.2) is 11.5 Å². The normalized spacial score (nSPS) is 36.1. The van der Waals surface area contributed by atoms with Crippen LogP contribution >= 0.6 is 0 Å². The summed E-state index contributed by atoms with van der Waals surface area (Å²) in [6, 6.07) is -0.838. The molecule has 2 aliphatic heterocycles. The molecular formula is C16H26N2O10. The summed E-state index contributed by atoms with van der Waals surface area (Å²) in [5.41, 5.74) is -0.310. The number of aliphatic hydroxyl groups is 5. The third kappa shape index (κ3) is 4.97. The number of rotatable bonds is 6. The molecule has 2 heterocycles. The molecule has 0 unspecified atom stereocenters. The molecule has 0 aromatic heterocycles. The van der Waals surface area contributed by atoms with Crippen molar-refractivity contribution in [3.8, 4) is 0 Å². The summed E-state index contributed by atoms with van der Waals surface area (Å²) in [4.78, 5) is 22.8. The van der Waals surface area contributed by atoms with E-state index in [1.54, 1.807) is 0 Å². The van der Waals surface area contributed by atoms with Crippen molar-refractivity contribution in [2.75, 3.05) is 19.8 Å². The molecule has 2 amide bonds. The quantitative estimate of drug-likeness (QED) is 0.234. The van der Waals surface area contributed by atoms with E-state index in [4.69, 9.17) is 14.2 Å². The topological polar surface area (TPSA) is 187 Å². The predicted molar refractivity (Wildman–Crippen MR) is 90.5 cm³/mol. The molecule has 0 aliphatic carbocycles. The van der Waals surface area contributed by atoms with E-state index in [9.17, 15) is 35.1 Å². The summed E-state index contributed by atoms with van der Waals surface area (Å²) >= 11 is 0. The van der Waals surface area contributed by atoms with Crippen LogP contribution < -0.4 is 10.6 Å². The van der Waals surface area contributed by atoms with Gasteiger partial charge in [0.25, 0.3) is 0 Å². The summed E-state index contributed by atoms with van der Waals surface area (Å²) in [6.45, 7) is 1.14. The van der Waals surface area contributed by atoms with Crippen molar-refractivity contribution in [3.05, 3.63) is 11.5 Å². The Labute approximate surface area is 160 Å². The maximum atomic E-state index is 11.5. The van der Waals surface area contributed by atoms with Gasteiger partial charge in [-0.25, -0.2) is 0 Å². The SMILES string of the molecule is CC(=O)NC1=C(O)[C@H](O)[C@H](CO)O[C@H]1O[C@H]1[C@H](O)[C@H](NC(C)=O)CO[C@@H]1CO. The van der Waals surface area contributed by atoms with Gasteiger partial charge in [-0.2, -0.15) is 0 Å². The molecule has 2 rings (SSSR count). The van der Waals surface area contributed by atoms with Gasteiger partial charge in [-0.05, 0) is 0 Å². The molecule has 0 bridgehead atoms. The Morgan fingerprint density at radius 1 is 1.14 bits per heavy atom. The molecule has 12 nitrogen and oxygen atoms in total. The van der Waals surface area contributed by atoms with E-state index in [1.807, 2.05) is 0 Å². The Kier molecular flexibility index (Phi) is 7.71. The van der Waals surface area contributed by atoms with Crippen LogP contribution in [0.2, 0.25) is 0 Å². The first-order valence-electron chi connectivity index (χ1n) is 8.67. The van der Waals surface area contributed by atoms with Crippen LogP contribution in [0.25, 0.3) is 0 Å². The molecule has 2 aliphatic rings. The molecular weight excluding hydrogens is 380 g/mol. The Morgan fingerprint density at radius 2 is 1.79 bits per heavy atom. The minimum Gasteiger partial charge on any atom is -0.507 e. The molecule has 28 heavy (non-hydrogen) atoms. The number of hydrogen-bond acceptors (Lipinski definition) is 10. The lowest BCUT2D eigenvalue weighted by Gasteiger charge is -2.42. The van der Waals surface area contributed by atoms with Gasteiger partial charge in [-0.1, -0.05) is 0 Å². The molecule has 7 atom stereocenters. The van der Waals surface area contributed by atoms with E-state index in [0.717, 1.165) is 6.92 Å². The van der Waals surface area contributed by atoms with E-state index < -0.39 is 73.6 Å². The van der Waals surface area contributed by atoms with E-state index in [1.165, 1.54) is 6.92 Å². The second-order valence-electron chi connectivity index (χ2n) is 6.57. The summed E-state index contributed by atoms with van der Waals surface area (Å²) < 4.78 is 16.5. The molecule has 0 aromatic carbocycles. The largest absolute Gasteiger partial charge is 0.507 e. The highest BCUT2D eigenvalue weighted by molar-refractivity contribution is 5.75. The predicted octanol–water partition coefficient (Wildman–Crippen LogP) is -3.39. The van der Waals surface area contributed by atoms with E-state index >= 15 is 0 Å². The average Bonchev–Trinajstić information content (AvgIpc) is 2.63. The lowest BCUT2D eigenvalue weighted by molar-refractivity contribution is -0.264. The second-order valence-corrected chi connectivity index (χ2v) is 6.57.